The van der Waals surface area contributed by atoms with Crippen LogP contribution in [0.5, 0.6) is 0 Å². The lowest BCUT2D eigenvalue weighted by Crippen LogP contribution is -2.22. The minimum absolute atomic E-state index is 0.0145. The fourth-order valence-electron chi connectivity index (χ4n) is 2.13. The molecule has 2 rings (SSSR count). The standard InChI is InChI=1S/C15H15Cl2NO2S/c1-10-4-2-3-5-12(10)14(18)9-21(19,20)15-8-11(16)6-7-13(15)17/h2-8,14H,9,18H2,1H3. The van der Waals surface area contributed by atoms with E-state index in [0.717, 1.165) is 11.1 Å². The number of nitrogens with two attached hydrogens (primary N) is 1. The summed E-state index contributed by atoms with van der Waals surface area (Å²) >= 11 is 11.8. The minimum Gasteiger partial charge on any atom is -0.323 e. The Hall–Kier alpha value is -1.07. The SMILES string of the molecule is Cc1ccccc1C(N)CS(=O)(=O)c1cc(Cl)ccc1Cl. The quantitative estimate of drug-likeness (QED) is 0.918. The van der Waals surface area contributed by atoms with Crippen molar-refractivity contribution in [3.05, 3.63) is 63.6 Å². The Balaban J connectivity index is 2.34. The third-order valence-electron chi connectivity index (χ3n) is 3.22. The second kappa shape index (κ2) is 6.36. The molecule has 1 atom stereocenters. The van der Waals surface area contributed by atoms with E-state index in [1.165, 1.54) is 12.1 Å². The van der Waals surface area contributed by atoms with E-state index in [0.29, 0.717) is 5.02 Å². The molecule has 1 unspecified atom stereocenters. The van der Waals surface area contributed by atoms with Gasteiger partial charge in [0.2, 0.25) is 0 Å². The molecule has 0 bridgehead atoms. The second-order valence-electron chi connectivity index (χ2n) is 4.82. The van der Waals surface area contributed by atoms with Crippen LogP contribution in [0.1, 0.15) is 17.2 Å². The van der Waals surface area contributed by atoms with Crippen LogP contribution in [0.15, 0.2) is 47.4 Å². The van der Waals surface area contributed by atoms with E-state index in [1.807, 2.05) is 31.2 Å². The Labute approximate surface area is 134 Å². The highest BCUT2D eigenvalue weighted by molar-refractivity contribution is 7.91. The van der Waals surface area contributed by atoms with Crippen molar-refractivity contribution in [2.24, 2.45) is 5.73 Å². The second-order valence-corrected chi connectivity index (χ2v) is 7.67. The van der Waals surface area contributed by atoms with Gasteiger partial charge >= 0.3 is 0 Å². The van der Waals surface area contributed by atoms with Crippen molar-refractivity contribution in [1.82, 2.24) is 0 Å². The molecule has 0 fully saturated rings. The normalized spacial score (nSPS) is 13.1. The molecule has 0 aromatic heterocycles. The maximum absolute atomic E-state index is 12.5. The Kier molecular flexibility index (Phi) is 4.94. The third-order valence-corrected chi connectivity index (χ3v) is 5.70. The molecule has 0 saturated carbocycles. The average molecular weight is 344 g/mol. The summed E-state index contributed by atoms with van der Waals surface area (Å²) in [5.41, 5.74) is 7.81. The number of aryl methyl sites for hydroxylation is 1. The molecule has 0 spiro atoms. The van der Waals surface area contributed by atoms with Crippen LogP contribution in [0.25, 0.3) is 0 Å². The van der Waals surface area contributed by atoms with Crippen LogP contribution < -0.4 is 5.73 Å². The van der Waals surface area contributed by atoms with Crippen molar-refractivity contribution in [2.45, 2.75) is 17.9 Å². The van der Waals surface area contributed by atoms with E-state index in [4.69, 9.17) is 28.9 Å². The molecule has 21 heavy (non-hydrogen) atoms. The summed E-state index contributed by atoms with van der Waals surface area (Å²) in [6.45, 7) is 1.90. The van der Waals surface area contributed by atoms with Crippen molar-refractivity contribution in [2.75, 3.05) is 5.75 Å². The van der Waals surface area contributed by atoms with E-state index >= 15 is 0 Å². The van der Waals surface area contributed by atoms with Crippen molar-refractivity contribution in [1.29, 1.82) is 0 Å². The van der Waals surface area contributed by atoms with Gasteiger partial charge in [-0.2, -0.15) is 0 Å². The summed E-state index contributed by atoms with van der Waals surface area (Å²) < 4.78 is 25.0. The van der Waals surface area contributed by atoms with Gasteiger partial charge in [-0.05, 0) is 36.2 Å². The summed E-state index contributed by atoms with van der Waals surface area (Å²) in [5, 5.41) is 0.471. The lowest BCUT2D eigenvalue weighted by Gasteiger charge is -2.15. The van der Waals surface area contributed by atoms with Crippen LogP contribution in [0.4, 0.5) is 0 Å². The predicted molar refractivity (Wildman–Crippen MR) is 86.6 cm³/mol. The first kappa shape index (κ1) is 16.3. The molecule has 0 aliphatic carbocycles. The van der Waals surface area contributed by atoms with E-state index in [1.54, 1.807) is 6.07 Å². The Morgan fingerprint density at radius 3 is 2.48 bits per heavy atom. The maximum Gasteiger partial charge on any atom is 0.181 e. The average Bonchev–Trinajstić information content (AvgIpc) is 2.41. The fraction of sp³-hybridized carbons (Fsp3) is 0.200. The van der Waals surface area contributed by atoms with Gasteiger partial charge in [-0.1, -0.05) is 47.5 Å². The molecule has 0 amide bonds. The highest BCUT2D eigenvalue weighted by Gasteiger charge is 2.23. The Morgan fingerprint density at radius 1 is 1.14 bits per heavy atom. The van der Waals surface area contributed by atoms with E-state index in [9.17, 15) is 8.42 Å². The van der Waals surface area contributed by atoms with Crippen molar-refractivity contribution in [3.8, 4) is 0 Å². The molecular formula is C15H15Cl2NO2S. The number of sulfone groups is 1. The zero-order valence-electron chi connectivity index (χ0n) is 11.4. The number of halogens is 2. The molecule has 0 saturated heterocycles. The highest BCUT2D eigenvalue weighted by atomic mass is 35.5. The van der Waals surface area contributed by atoms with Gasteiger partial charge in [0, 0.05) is 11.1 Å². The topological polar surface area (TPSA) is 60.2 Å². The van der Waals surface area contributed by atoms with Crippen LogP contribution in [0.2, 0.25) is 10.0 Å². The van der Waals surface area contributed by atoms with E-state index < -0.39 is 15.9 Å². The van der Waals surface area contributed by atoms with Gasteiger partial charge in [0.1, 0.15) is 0 Å². The Bertz CT molecular complexity index is 760. The Morgan fingerprint density at radius 2 is 1.81 bits per heavy atom. The fourth-order valence-corrected chi connectivity index (χ4v) is 4.34. The van der Waals surface area contributed by atoms with Gasteiger partial charge in [0.25, 0.3) is 0 Å². The van der Waals surface area contributed by atoms with Crippen LogP contribution in [-0.2, 0) is 9.84 Å². The molecule has 3 nitrogen and oxygen atoms in total. The van der Waals surface area contributed by atoms with E-state index in [2.05, 4.69) is 0 Å². The van der Waals surface area contributed by atoms with Crippen LogP contribution in [-0.4, -0.2) is 14.2 Å². The molecular weight excluding hydrogens is 329 g/mol. The summed E-state index contributed by atoms with van der Waals surface area (Å²) in [7, 11) is -3.62. The summed E-state index contributed by atoms with van der Waals surface area (Å²) in [4.78, 5) is 0.0145. The van der Waals surface area contributed by atoms with Crippen LogP contribution >= 0.6 is 23.2 Å². The van der Waals surface area contributed by atoms with Crippen LogP contribution in [0, 0.1) is 6.92 Å². The van der Waals surface area contributed by atoms with Crippen LogP contribution in [0.3, 0.4) is 0 Å². The van der Waals surface area contributed by atoms with Gasteiger partial charge in [-0.25, -0.2) is 8.42 Å². The molecule has 0 aliphatic rings. The van der Waals surface area contributed by atoms with Gasteiger partial charge in [-0.3, -0.25) is 0 Å². The zero-order chi connectivity index (χ0) is 15.6. The van der Waals surface area contributed by atoms with Crippen molar-refractivity contribution < 1.29 is 8.42 Å². The van der Waals surface area contributed by atoms with Gasteiger partial charge in [0.05, 0.1) is 15.7 Å². The smallest absolute Gasteiger partial charge is 0.181 e. The first-order valence-corrected chi connectivity index (χ1v) is 8.71. The minimum atomic E-state index is -3.62. The molecule has 2 aromatic carbocycles. The maximum atomic E-state index is 12.5. The number of benzene rings is 2. The van der Waals surface area contributed by atoms with E-state index in [-0.39, 0.29) is 15.7 Å². The molecule has 6 heteroatoms. The molecule has 0 heterocycles. The molecule has 0 radical (unpaired) electrons. The van der Waals surface area contributed by atoms with Gasteiger partial charge < -0.3 is 5.73 Å². The third kappa shape index (κ3) is 3.77. The summed E-state index contributed by atoms with van der Waals surface area (Å²) in [5.74, 6) is -0.224. The molecule has 112 valence electrons. The number of rotatable bonds is 4. The number of hydrogen-bond acceptors (Lipinski definition) is 3. The molecule has 2 aromatic rings. The molecule has 2 N–H and O–H groups in total. The predicted octanol–water partition coefficient (Wildman–Crippen LogP) is 3.78. The van der Waals surface area contributed by atoms with Crippen molar-refractivity contribution >= 4 is 33.0 Å². The molecule has 0 aliphatic heterocycles. The lowest BCUT2D eigenvalue weighted by molar-refractivity contribution is 0.589. The lowest BCUT2D eigenvalue weighted by atomic mass is 10.0. The summed E-state index contributed by atoms with van der Waals surface area (Å²) in [6.07, 6.45) is 0. The largest absolute Gasteiger partial charge is 0.323 e. The zero-order valence-corrected chi connectivity index (χ0v) is 13.7. The monoisotopic (exact) mass is 343 g/mol. The first-order valence-electron chi connectivity index (χ1n) is 6.30. The summed E-state index contributed by atoms with van der Waals surface area (Å²) in [6, 6.07) is 11.2. The highest BCUT2D eigenvalue weighted by Crippen LogP contribution is 2.28. The van der Waals surface area contributed by atoms with Gasteiger partial charge in [-0.15, -0.1) is 0 Å². The first-order chi connectivity index (χ1) is 9.81. The van der Waals surface area contributed by atoms with Crippen molar-refractivity contribution in [3.63, 3.8) is 0 Å². The number of hydrogen-bond donors (Lipinski definition) is 1. The van der Waals surface area contributed by atoms with Gasteiger partial charge in [0.15, 0.2) is 9.84 Å².